The Morgan fingerprint density at radius 2 is 0.865 bits per heavy atom. The lowest BCUT2D eigenvalue weighted by Gasteiger charge is -2.16. The normalized spacial score (nSPS) is 12.2. The van der Waals surface area contributed by atoms with Crippen LogP contribution < -0.4 is 0 Å². The highest BCUT2D eigenvalue weighted by Crippen LogP contribution is 2.42. The standard InChI is InChI=1S/C44H26F2N6/c1-49-33-15-7-3-11-24(33)28-21-39-30(19-37(28)49)26-13-5-9-17-35(26)51(39)42-32(23-47)43(46)48-44(41(42)45)52-36-18-10-6-14-27(36)31-20-38-29(22-40(31)52)25-12-4-8-16-34(25)50(38)2/h3-22H,1-2H3. The maximum Gasteiger partial charge on any atom is 0.235 e. The molecule has 0 N–H and O–H groups in total. The van der Waals surface area contributed by atoms with Gasteiger partial charge >= 0.3 is 0 Å². The van der Waals surface area contributed by atoms with E-state index in [1.165, 1.54) is 0 Å². The Labute approximate surface area is 294 Å². The van der Waals surface area contributed by atoms with Gasteiger partial charge in [-0.05, 0) is 48.5 Å². The Hall–Kier alpha value is -6.98. The van der Waals surface area contributed by atoms with Gasteiger partial charge in [-0.1, -0.05) is 72.8 Å². The van der Waals surface area contributed by atoms with Crippen molar-refractivity contribution in [2.45, 2.75) is 0 Å². The molecule has 246 valence electrons. The van der Waals surface area contributed by atoms with Gasteiger partial charge in [-0.3, -0.25) is 4.57 Å². The van der Waals surface area contributed by atoms with Gasteiger partial charge in [-0.15, -0.1) is 0 Å². The zero-order valence-electron chi connectivity index (χ0n) is 28.0. The molecule has 6 nitrogen and oxygen atoms in total. The predicted molar refractivity (Wildman–Crippen MR) is 206 cm³/mol. The lowest BCUT2D eigenvalue weighted by atomic mass is 10.1. The van der Waals surface area contributed by atoms with E-state index in [-0.39, 0.29) is 11.5 Å². The van der Waals surface area contributed by atoms with Crippen molar-refractivity contribution in [2.75, 3.05) is 0 Å². The van der Waals surface area contributed by atoms with Gasteiger partial charge in [-0.25, -0.2) is 4.39 Å². The quantitative estimate of drug-likeness (QED) is 0.171. The van der Waals surface area contributed by atoms with E-state index in [1.54, 1.807) is 9.13 Å². The van der Waals surface area contributed by atoms with Crippen molar-refractivity contribution in [3.05, 3.63) is 139 Å². The monoisotopic (exact) mass is 676 g/mol. The van der Waals surface area contributed by atoms with Crippen LogP contribution >= 0.6 is 0 Å². The molecule has 0 aliphatic carbocycles. The lowest BCUT2D eigenvalue weighted by Crippen LogP contribution is -2.12. The molecule has 0 atom stereocenters. The third-order valence-corrected chi connectivity index (χ3v) is 11.0. The van der Waals surface area contributed by atoms with Gasteiger partial charge in [-0.2, -0.15) is 14.6 Å². The van der Waals surface area contributed by atoms with Crippen molar-refractivity contribution in [2.24, 2.45) is 14.1 Å². The summed E-state index contributed by atoms with van der Waals surface area (Å²) in [5.41, 5.74) is 6.24. The van der Waals surface area contributed by atoms with Gasteiger partial charge in [0.25, 0.3) is 0 Å². The van der Waals surface area contributed by atoms with Gasteiger partial charge in [0.1, 0.15) is 17.3 Å². The Bertz CT molecular complexity index is 3420. The van der Waals surface area contributed by atoms with E-state index in [0.29, 0.717) is 22.1 Å². The van der Waals surface area contributed by atoms with Crippen LogP contribution in [0.3, 0.4) is 0 Å². The van der Waals surface area contributed by atoms with E-state index >= 15 is 8.78 Å². The smallest absolute Gasteiger partial charge is 0.235 e. The molecule has 8 heteroatoms. The summed E-state index contributed by atoms with van der Waals surface area (Å²) < 4.78 is 42.0. The summed E-state index contributed by atoms with van der Waals surface area (Å²) in [5.74, 6) is -2.04. The minimum Gasteiger partial charge on any atom is -0.344 e. The van der Waals surface area contributed by atoms with E-state index < -0.39 is 17.3 Å². The molecule has 0 saturated heterocycles. The Kier molecular flexibility index (Phi) is 5.57. The minimum atomic E-state index is -1.04. The molecule has 0 saturated carbocycles. The van der Waals surface area contributed by atoms with Gasteiger partial charge in [0.05, 0.1) is 22.1 Å². The molecule has 0 amide bonds. The van der Waals surface area contributed by atoms with Crippen LogP contribution in [0.5, 0.6) is 0 Å². The number of rotatable bonds is 2. The number of para-hydroxylation sites is 4. The number of fused-ring (bicyclic) bond motifs is 12. The van der Waals surface area contributed by atoms with E-state index in [0.717, 1.165) is 65.2 Å². The molecule has 11 rings (SSSR count). The second kappa shape index (κ2) is 10.1. The number of nitriles is 1. The lowest BCUT2D eigenvalue weighted by molar-refractivity contribution is 0.547. The first-order valence-electron chi connectivity index (χ1n) is 17.0. The molecule has 6 aromatic carbocycles. The van der Waals surface area contributed by atoms with Crippen molar-refractivity contribution >= 4 is 87.2 Å². The van der Waals surface area contributed by atoms with E-state index in [9.17, 15) is 5.26 Å². The van der Waals surface area contributed by atoms with Crippen LogP contribution in [0.1, 0.15) is 5.56 Å². The highest BCUT2D eigenvalue weighted by Gasteiger charge is 2.28. The van der Waals surface area contributed by atoms with Gasteiger partial charge in [0, 0.05) is 79.3 Å². The van der Waals surface area contributed by atoms with Gasteiger partial charge in [0.15, 0.2) is 11.6 Å². The zero-order valence-corrected chi connectivity index (χ0v) is 28.0. The molecule has 0 unspecified atom stereocenters. The molecule has 52 heavy (non-hydrogen) atoms. The summed E-state index contributed by atoms with van der Waals surface area (Å²) in [6.45, 7) is 0. The van der Waals surface area contributed by atoms with Crippen LogP contribution in [-0.4, -0.2) is 23.3 Å². The van der Waals surface area contributed by atoms with Crippen molar-refractivity contribution in [3.8, 4) is 17.6 Å². The van der Waals surface area contributed by atoms with E-state index in [2.05, 4.69) is 50.5 Å². The van der Waals surface area contributed by atoms with Crippen LogP contribution in [0.2, 0.25) is 0 Å². The second-order valence-corrected chi connectivity index (χ2v) is 13.5. The van der Waals surface area contributed by atoms with Crippen molar-refractivity contribution in [1.82, 2.24) is 23.3 Å². The molecule has 0 fully saturated rings. The molecule has 5 aromatic heterocycles. The number of nitrogens with zero attached hydrogens (tertiary/aromatic N) is 6. The van der Waals surface area contributed by atoms with Gasteiger partial charge < -0.3 is 13.7 Å². The molecule has 0 radical (unpaired) electrons. The summed E-state index contributed by atoms with van der Waals surface area (Å²) in [6.07, 6.45) is 0. The number of benzene rings is 6. The molecular formula is C44H26F2N6. The van der Waals surface area contributed by atoms with Crippen LogP contribution in [0.4, 0.5) is 8.78 Å². The first-order valence-corrected chi connectivity index (χ1v) is 17.0. The Balaban J connectivity index is 1.29. The third-order valence-electron chi connectivity index (χ3n) is 11.0. The first-order chi connectivity index (χ1) is 25.4. The Morgan fingerprint density at radius 1 is 0.481 bits per heavy atom. The molecule has 0 spiro atoms. The number of aromatic nitrogens is 5. The molecule has 0 aliphatic rings. The number of halogens is 2. The fourth-order valence-corrected chi connectivity index (χ4v) is 8.68. The highest BCUT2D eigenvalue weighted by molar-refractivity contribution is 6.20. The van der Waals surface area contributed by atoms with Crippen molar-refractivity contribution in [3.63, 3.8) is 0 Å². The second-order valence-electron chi connectivity index (χ2n) is 13.5. The molecule has 0 aliphatic heterocycles. The van der Waals surface area contributed by atoms with Crippen molar-refractivity contribution in [1.29, 1.82) is 5.26 Å². The topological polar surface area (TPSA) is 56.4 Å². The van der Waals surface area contributed by atoms with Crippen molar-refractivity contribution < 1.29 is 8.78 Å². The highest BCUT2D eigenvalue weighted by atomic mass is 19.1. The molecule has 11 aromatic rings. The number of aryl methyl sites for hydroxylation is 2. The van der Waals surface area contributed by atoms with Crippen LogP contribution in [0, 0.1) is 23.1 Å². The minimum absolute atomic E-state index is 0.173. The zero-order chi connectivity index (χ0) is 35.0. The summed E-state index contributed by atoms with van der Waals surface area (Å²) in [5, 5.41) is 18.0. The van der Waals surface area contributed by atoms with E-state index in [1.807, 2.05) is 105 Å². The van der Waals surface area contributed by atoms with E-state index in [4.69, 9.17) is 0 Å². The summed E-state index contributed by atoms with van der Waals surface area (Å²) in [7, 11) is 4.07. The maximum atomic E-state index is 17.9. The van der Waals surface area contributed by atoms with Crippen LogP contribution in [0.15, 0.2) is 121 Å². The molecular weight excluding hydrogens is 651 g/mol. The Morgan fingerprint density at radius 3 is 1.37 bits per heavy atom. The van der Waals surface area contributed by atoms with Crippen LogP contribution in [0.25, 0.3) is 98.7 Å². The SMILES string of the molecule is Cn1c2ccccc2c2cc3c(cc21)c1ccccc1n3-c1nc(F)c(C#N)c(-n2c3ccccc3c3cc4c(cc32)c2ccccc2n4C)c1F. The van der Waals surface area contributed by atoms with Gasteiger partial charge in [0.2, 0.25) is 5.95 Å². The first kappa shape index (κ1) is 28.8. The number of hydrogen-bond acceptors (Lipinski definition) is 2. The number of pyridine rings is 1. The summed E-state index contributed by atoms with van der Waals surface area (Å²) in [4.78, 5) is 4.24. The fraction of sp³-hybridized carbons (Fsp3) is 0.0455. The fourth-order valence-electron chi connectivity index (χ4n) is 8.68. The summed E-state index contributed by atoms with van der Waals surface area (Å²) in [6, 6.07) is 42.0. The summed E-state index contributed by atoms with van der Waals surface area (Å²) >= 11 is 0. The average Bonchev–Trinajstić information content (AvgIpc) is 3.86. The molecule has 5 heterocycles. The van der Waals surface area contributed by atoms with Crippen LogP contribution in [-0.2, 0) is 14.1 Å². The average molecular weight is 677 g/mol. The third kappa shape index (κ3) is 3.51. The molecule has 0 bridgehead atoms. The number of hydrogen-bond donors (Lipinski definition) is 0. The predicted octanol–water partition coefficient (Wildman–Crippen LogP) is 10.7. The maximum absolute atomic E-state index is 17.9. The largest absolute Gasteiger partial charge is 0.344 e.